The molecule has 7 nitrogen and oxygen atoms in total. The molecule has 1 atom stereocenters. The molecule has 1 aliphatic carbocycles. The molecule has 3 N–H and O–H groups in total. The van der Waals surface area contributed by atoms with Crippen molar-refractivity contribution in [2.45, 2.75) is 63.5 Å². The van der Waals surface area contributed by atoms with Crippen molar-refractivity contribution in [3.63, 3.8) is 0 Å². The molecule has 2 saturated heterocycles. The molecule has 4 amide bonds. The zero-order valence-corrected chi connectivity index (χ0v) is 14.4. The van der Waals surface area contributed by atoms with Crippen molar-refractivity contribution in [3.8, 4) is 0 Å². The third-order valence-corrected chi connectivity index (χ3v) is 5.79. The van der Waals surface area contributed by atoms with E-state index < -0.39 is 11.6 Å². The van der Waals surface area contributed by atoms with Crippen LogP contribution >= 0.6 is 0 Å². The van der Waals surface area contributed by atoms with Gasteiger partial charge in [-0.15, -0.1) is 0 Å². The molecular formula is C17H28N4O3. The van der Waals surface area contributed by atoms with Gasteiger partial charge in [-0.25, -0.2) is 4.79 Å². The highest BCUT2D eigenvalue weighted by molar-refractivity contribution is 6.09. The Morgan fingerprint density at radius 3 is 2.67 bits per heavy atom. The molecule has 0 aromatic carbocycles. The van der Waals surface area contributed by atoms with Crippen LogP contribution in [0.3, 0.4) is 0 Å². The lowest BCUT2D eigenvalue weighted by Gasteiger charge is -2.34. The van der Waals surface area contributed by atoms with Crippen LogP contribution in [-0.4, -0.2) is 54.0 Å². The first-order chi connectivity index (χ1) is 11.5. The lowest BCUT2D eigenvalue weighted by molar-refractivity contribution is -0.136. The first-order valence-electron chi connectivity index (χ1n) is 9.18. The Morgan fingerprint density at radius 1 is 1.29 bits per heavy atom. The quantitative estimate of drug-likeness (QED) is 0.646. The van der Waals surface area contributed by atoms with Gasteiger partial charge in [-0.2, -0.15) is 0 Å². The van der Waals surface area contributed by atoms with Crippen LogP contribution in [-0.2, 0) is 9.59 Å². The van der Waals surface area contributed by atoms with Gasteiger partial charge in [0.05, 0.1) is 0 Å². The van der Waals surface area contributed by atoms with Crippen LogP contribution in [0.2, 0.25) is 0 Å². The fourth-order valence-corrected chi connectivity index (χ4v) is 4.10. The number of carbonyl (C=O) groups is 3. The monoisotopic (exact) mass is 336 g/mol. The zero-order chi connectivity index (χ0) is 17.2. The fourth-order valence-electron chi connectivity index (χ4n) is 4.10. The van der Waals surface area contributed by atoms with Gasteiger partial charge in [0.25, 0.3) is 5.91 Å². The maximum atomic E-state index is 12.7. The van der Waals surface area contributed by atoms with Gasteiger partial charge in [-0.3, -0.25) is 14.5 Å². The van der Waals surface area contributed by atoms with Crippen molar-refractivity contribution in [3.05, 3.63) is 0 Å². The molecule has 1 spiro atoms. The summed E-state index contributed by atoms with van der Waals surface area (Å²) >= 11 is 0. The van der Waals surface area contributed by atoms with Gasteiger partial charge in [0.1, 0.15) is 12.1 Å². The topological polar surface area (TPSA) is 90.5 Å². The molecule has 134 valence electrons. The van der Waals surface area contributed by atoms with Crippen LogP contribution in [0.15, 0.2) is 0 Å². The van der Waals surface area contributed by atoms with Gasteiger partial charge < -0.3 is 16.0 Å². The molecular weight excluding hydrogens is 308 g/mol. The van der Waals surface area contributed by atoms with E-state index in [1.165, 1.54) is 0 Å². The number of hydrogen-bond donors (Lipinski definition) is 3. The minimum atomic E-state index is -0.768. The summed E-state index contributed by atoms with van der Waals surface area (Å²) in [5, 5.41) is 8.99. The van der Waals surface area contributed by atoms with E-state index in [1.54, 1.807) is 0 Å². The van der Waals surface area contributed by atoms with Gasteiger partial charge in [-0.1, -0.05) is 13.3 Å². The van der Waals surface area contributed by atoms with Crippen LogP contribution < -0.4 is 16.0 Å². The van der Waals surface area contributed by atoms with Gasteiger partial charge in [0.15, 0.2) is 0 Å². The van der Waals surface area contributed by atoms with E-state index in [0.29, 0.717) is 31.3 Å². The number of hydrogen-bond acceptors (Lipinski definition) is 4. The Morgan fingerprint density at radius 2 is 2.04 bits per heavy atom. The summed E-state index contributed by atoms with van der Waals surface area (Å²) in [5.41, 5.74) is -0.768. The number of nitrogens with one attached hydrogen (secondary N) is 3. The summed E-state index contributed by atoms with van der Waals surface area (Å²) in [7, 11) is 0. The van der Waals surface area contributed by atoms with Crippen molar-refractivity contribution < 1.29 is 14.4 Å². The molecule has 2 heterocycles. The van der Waals surface area contributed by atoms with Gasteiger partial charge in [-0.05, 0) is 51.0 Å². The van der Waals surface area contributed by atoms with Crippen molar-refractivity contribution in [2.24, 2.45) is 5.92 Å². The van der Waals surface area contributed by atoms with E-state index in [2.05, 4.69) is 22.9 Å². The summed E-state index contributed by atoms with van der Waals surface area (Å²) in [6.45, 7) is 3.50. The normalized spacial score (nSPS) is 33.1. The molecule has 0 aromatic heterocycles. The number of rotatable bonds is 5. The van der Waals surface area contributed by atoms with Gasteiger partial charge >= 0.3 is 6.03 Å². The molecule has 1 unspecified atom stereocenters. The lowest BCUT2D eigenvalue weighted by atomic mass is 9.75. The Balaban J connectivity index is 1.53. The second kappa shape index (κ2) is 7.09. The predicted octanol–water partition coefficient (Wildman–Crippen LogP) is 0.745. The Kier molecular flexibility index (Phi) is 5.08. The highest BCUT2D eigenvalue weighted by Crippen LogP contribution is 2.37. The number of imide groups is 1. The van der Waals surface area contributed by atoms with Crippen LogP contribution in [0.4, 0.5) is 4.79 Å². The summed E-state index contributed by atoms with van der Waals surface area (Å²) in [4.78, 5) is 38.1. The smallest absolute Gasteiger partial charge is 0.325 e. The third-order valence-electron chi connectivity index (χ3n) is 5.79. The summed E-state index contributed by atoms with van der Waals surface area (Å²) in [6, 6.07) is -0.128. The van der Waals surface area contributed by atoms with Crippen LogP contribution in [0.25, 0.3) is 0 Å². The molecule has 2 aliphatic heterocycles. The van der Waals surface area contributed by atoms with Gasteiger partial charge in [0, 0.05) is 12.6 Å². The summed E-state index contributed by atoms with van der Waals surface area (Å²) in [6.07, 6.45) is 6.55. The second-order valence-electron chi connectivity index (χ2n) is 7.35. The number of amides is 4. The Labute approximate surface area is 142 Å². The maximum Gasteiger partial charge on any atom is 0.325 e. The fraction of sp³-hybridized carbons (Fsp3) is 0.824. The molecule has 0 aromatic rings. The second-order valence-corrected chi connectivity index (χ2v) is 7.35. The van der Waals surface area contributed by atoms with E-state index in [4.69, 9.17) is 0 Å². The molecule has 3 rings (SSSR count). The number of urea groups is 1. The van der Waals surface area contributed by atoms with E-state index in [9.17, 15) is 14.4 Å². The first-order valence-corrected chi connectivity index (χ1v) is 9.18. The van der Waals surface area contributed by atoms with E-state index >= 15 is 0 Å². The SMILES string of the molecule is CCC1CCC2(CC1)NC(=O)N(CC(=O)NCC1CCCN1)C2=O. The first kappa shape index (κ1) is 17.2. The zero-order valence-electron chi connectivity index (χ0n) is 14.4. The Hall–Kier alpha value is -1.63. The highest BCUT2D eigenvalue weighted by Gasteiger charge is 2.52. The van der Waals surface area contributed by atoms with Crippen LogP contribution in [0.5, 0.6) is 0 Å². The molecule has 7 heteroatoms. The largest absolute Gasteiger partial charge is 0.353 e. The minimum absolute atomic E-state index is 0.184. The van der Waals surface area contributed by atoms with Crippen molar-refractivity contribution in [1.29, 1.82) is 0 Å². The van der Waals surface area contributed by atoms with Crippen molar-refractivity contribution in [1.82, 2.24) is 20.9 Å². The Bertz CT molecular complexity index is 508. The number of nitrogens with zero attached hydrogens (tertiary/aromatic N) is 1. The van der Waals surface area contributed by atoms with Crippen molar-refractivity contribution >= 4 is 17.8 Å². The van der Waals surface area contributed by atoms with E-state index in [-0.39, 0.29) is 18.4 Å². The molecule has 3 aliphatic rings. The minimum Gasteiger partial charge on any atom is -0.353 e. The summed E-state index contributed by atoms with van der Waals surface area (Å²) in [5.74, 6) is 0.138. The molecule has 0 bridgehead atoms. The highest BCUT2D eigenvalue weighted by atomic mass is 16.2. The molecule has 3 fully saturated rings. The molecule has 0 radical (unpaired) electrons. The van der Waals surface area contributed by atoms with Crippen LogP contribution in [0.1, 0.15) is 51.9 Å². The van der Waals surface area contributed by atoms with Crippen molar-refractivity contribution in [2.75, 3.05) is 19.6 Å². The predicted molar refractivity (Wildman–Crippen MR) is 89.3 cm³/mol. The number of carbonyl (C=O) groups excluding carboxylic acids is 3. The molecule has 24 heavy (non-hydrogen) atoms. The van der Waals surface area contributed by atoms with E-state index in [0.717, 1.165) is 43.5 Å². The standard InChI is InChI=1S/C17H28N4O3/c1-2-12-5-7-17(8-6-12)15(23)21(16(24)20-17)11-14(22)19-10-13-4-3-9-18-13/h12-13,18H,2-11H2,1H3,(H,19,22)(H,20,24). The third kappa shape index (κ3) is 3.41. The van der Waals surface area contributed by atoms with Crippen LogP contribution in [0, 0.1) is 5.92 Å². The van der Waals surface area contributed by atoms with Gasteiger partial charge in [0.2, 0.25) is 5.91 Å². The molecule has 1 saturated carbocycles. The average molecular weight is 336 g/mol. The maximum absolute atomic E-state index is 12.7. The average Bonchev–Trinajstić information content (AvgIpc) is 3.17. The lowest BCUT2D eigenvalue weighted by Crippen LogP contribution is -2.50. The summed E-state index contributed by atoms with van der Waals surface area (Å²) < 4.78 is 0. The van der Waals surface area contributed by atoms with E-state index in [1.807, 2.05) is 0 Å².